The van der Waals surface area contributed by atoms with Crippen molar-refractivity contribution in [3.63, 3.8) is 0 Å². The molecule has 0 N–H and O–H groups in total. The van der Waals surface area contributed by atoms with Gasteiger partial charge in [0.05, 0.1) is 16.6 Å². The lowest BCUT2D eigenvalue weighted by Crippen LogP contribution is -2.24. The molecule has 0 amide bonds. The summed E-state index contributed by atoms with van der Waals surface area (Å²) in [6.45, 7) is 0. The van der Waals surface area contributed by atoms with Crippen molar-refractivity contribution < 1.29 is 4.57 Å². The molecule has 0 spiro atoms. The Bertz CT molecular complexity index is 2210. The molecule has 0 fully saturated rings. The van der Waals surface area contributed by atoms with Gasteiger partial charge in [-0.15, -0.1) is 0 Å². The van der Waals surface area contributed by atoms with Gasteiger partial charge >= 0.3 is 0 Å². The molecule has 0 bridgehead atoms. The van der Waals surface area contributed by atoms with Gasteiger partial charge in [-0.05, 0) is 41.1 Å². The minimum absolute atomic E-state index is 0.837. The SMILES string of the molecule is O=P(c1ccccc1)(c1ccccc1)c1ccc2c(ccc3c2c2ccccc2n2c4ccccc4nc32)c1. The van der Waals surface area contributed by atoms with Gasteiger partial charge in [-0.3, -0.25) is 4.40 Å². The first kappa shape index (κ1) is 22.3. The summed E-state index contributed by atoms with van der Waals surface area (Å²) in [5.41, 5.74) is 4.17. The number of hydrogen-bond donors (Lipinski definition) is 0. The molecule has 0 aliphatic carbocycles. The van der Waals surface area contributed by atoms with Crippen LogP contribution in [0.4, 0.5) is 0 Å². The maximum Gasteiger partial charge on any atom is 0.171 e. The molecule has 39 heavy (non-hydrogen) atoms. The number of rotatable bonds is 3. The zero-order chi connectivity index (χ0) is 26.0. The number of pyridine rings is 1. The first-order valence-electron chi connectivity index (χ1n) is 13.1. The summed E-state index contributed by atoms with van der Waals surface area (Å²) < 4.78 is 17.3. The lowest BCUT2D eigenvalue weighted by molar-refractivity contribution is 0.592. The molecule has 184 valence electrons. The largest absolute Gasteiger partial charge is 0.309 e. The summed E-state index contributed by atoms with van der Waals surface area (Å²) in [5.74, 6) is 0. The lowest BCUT2D eigenvalue weighted by atomic mass is 9.99. The molecule has 2 heterocycles. The van der Waals surface area contributed by atoms with E-state index < -0.39 is 7.14 Å². The number of imidazole rings is 1. The van der Waals surface area contributed by atoms with Gasteiger partial charge < -0.3 is 4.57 Å². The van der Waals surface area contributed by atoms with Crippen molar-refractivity contribution in [2.24, 2.45) is 0 Å². The van der Waals surface area contributed by atoms with Crippen molar-refractivity contribution in [1.29, 1.82) is 0 Å². The molecule has 0 atom stereocenters. The van der Waals surface area contributed by atoms with E-state index in [1.807, 2.05) is 66.7 Å². The van der Waals surface area contributed by atoms with Crippen LogP contribution in [0.2, 0.25) is 0 Å². The Kier molecular flexibility index (Phi) is 4.79. The molecule has 0 unspecified atom stereocenters. The summed E-state index contributed by atoms with van der Waals surface area (Å²) in [4.78, 5) is 5.05. The number of aromatic nitrogens is 2. The Morgan fingerprint density at radius 2 is 1.13 bits per heavy atom. The van der Waals surface area contributed by atoms with Crippen molar-refractivity contribution >= 4 is 72.2 Å². The molecule has 6 aromatic carbocycles. The molecular formula is C35H23N2OP. The van der Waals surface area contributed by atoms with Crippen LogP contribution in [-0.4, -0.2) is 9.38 Å². The van der Waals surface area contributed by atoms with E-state index in [-0.39, 0.29) is 0 Å². The third kappa shape index (κ3) is 3.17. The van der Waals surface area contributed by atoms with Crippen molar-refractivity contribution in [3.05, 3.63) is 140 Å². The summed E-state index contributed by atoms with van der Waals surface area (Å²) in [6.07, 6.45) is 0. The highest BCUT2D eigenvalue weighted by atomic mass is 31.2. The smallest absolute Gasteiger partial charge is 0.171 e. The van der Waals surface area contributed by atoms with Crippen molar-refractivity contribution in [2.75, 3.05) is 0 Å². The summed E-state index contributed by atoms with van der Waals surface area (Å²) in [6, 6.07) is 47.2. The normalized spacial score (nSPS) is 12.2. The van der Waals surface area contributed by atoms with E-state index in [0.717, 1.165) is 54.3 Å². The van der Waals surface area contributed by atoms with Crippen LogP contribution in [-0.2, 0) is 4.57 Å². The Morgan fingerprint density at radius 3 is 1.87 bits per heavy atom. The first-order valence-corrected chi connectivity index (χ1v) is 14.8. The molecule has 8 rings (SSSR count). The Hall–Kier alpha value is -4.72. The fourth-order valence-electron chi connectivity index (χ4n) is 6.04. The van der Waals surface area contributed by atoms with Crippen LogP contribution in [0.15, 0.2) is 140 Å². The van der Waals surface area contributed by atoms with Gasteiger partial charge in [0, 0.05) is 32.1 Å². The summed E-state index contributed by atoms with van der Waals surface area (Å²) >= 11 is 0. The Morgan fingerprint density at radius 1 is 0.513 bits per heavy atom. The molecule has 0 saturated heterocycles. The van der Waals surface area contributed by atoms with Gasteiger partial charge in [0.15, 0.2) is 7.14 Å². The molecule has 0 aliphatic rings. The minimum Gasteiger partial charge on any atom is -0.309 e. The summed E-state index contributed by atoms with van der Waals surface area (Å²) in [7, 11) is -3.06. The van der Waals surface area contributed by atoms with Gasteiger partial charge in [0.25, 0.3) is 0 Å². The van der Waals surface area contributed by atoms with Crippen LogP contribution >= 0.6 is 7.14 Å². The van der Waals surface area contributed by atoms with Crippen LogP contribution in [0.5, 0.6) is 0 Å². The monoisotopic (exact) mass is 518 g/mol. The minimum atomic E-state index is -3.06. The maximum absolute atomic E-state index is 15.0. The predicted octanol–water partition coefficient (Wildman–Crippen LogP) is 7.59. The fraction of sp³-hybridized carbons (Fsp3) is 0. The molecule has 3 nitrogen and oxygen atoms in total. The topological polar surface area (TPSA) is 34.4 Å². The van der Waals surface area contributed by atoms with Crippen molar-refractivity contribution in [3.8, 4) is 0 Å². The number of fused-ring (bicyclic) bond motifs is 10. The zero-order valence-electron chi connectivity index (χ0n) is 21.0. The van der Waals surface area contributed by atoms with E-state index in [1.54, 1.807) is 0 Å². The number of benzene rings is 6. The van der Waals surface area contributed by atoms with Gasteiger partial charge in [-0.25, -0.2) is 4.98 Å². The van der Waals surface area contributed by atoms with Crippen LogP contribution in [0.25, 0.3) is 49.1 Å². The lowest BCUT2D eigenvalue weighted by Gasteiger charge is -2.21. The van der Waals surface area contributed by atoms with Crippen LogP contribution in [0.3, 0.4) is 0 Å². The highest BCUT2D eigenvalue weighted by Gasteiger charge is 2.30. The molecule has 0 radical (unpaired) electrons. The molecule has 4 heteroatoms. The first-order chi connectivity index (χ1) is 19.2. The van der Waals surface area contributed by atoms with Crippen LogP contribution in [0.1, 0.15) is 0 Å². The standard InChI is InChI=1S/C35H23N2OP/c38-39(25-11-3-1-4-12-25,26-13-5-2-6-14-26)27-20-22-28-24(23-27)19-21-30-34(28)29-15-7-9-17-32(29)37-33-18-10-8-16-31(33)36-35(30)37/h1-23H. The van der Waals surface area contributed by atoms with Gasteiger partial charge in [-0.2, -0.15) is 0 Å². The molecule has 0 saturated carbocycles. The molecular weight excluding hydrogens is 495 g/mol. The third-order valence-corrected chi connectivity index (χ3v) is 10.9. The fourth-order valence-corrected chi connectivity index (χ4v) is 8.73. The second kappa shape index (κ2) is 8.39. The highest BCUT2D eigenvalue weighted by Crippen LogP contribution is 2.44. The third-order valence-electron chi connectivity index (χ3n) is 7.82. The maximum atomic E-state index is 15.0. The van der Waals surface area contributed by atoms with Crippen LogP contribution < -0.4 is 15.9 Å². The van der Waals surface area contributed by atoms with E-state index in [4.69, 9.17) is 4.98 Å². The average Bonchev–Trinajstić information content (AvgIpc) is 3.41. The van der Waals surface area contributed by atoms with E-state index in [0.29, 0.717) is 0 Å². The van der Waals surface area contributed by atoms with Gasteiger partial charge in [0.2, 0.25) is 0 Å². The van der Waals surface area contributed by atoms with E-state index in [1.165, 1.54) is 10.8 Å². The van der Waals surface area contributed by atoms with E-state index in [9.17, 15) is 4.57 Å². The highest BCUT2D eigenvalue weighted by molar-refractivity contribution is 7.85. The Labute approximate surface area is 225 Å². The van der Waals surface area contributed by atoms with E-state index >= 15 is 0 Å². The van der Waals surface area contributed by atoms with E-state index in [2.05, 4.69) is 77.2 Å². The number of para-hydroxylation sites is 3. The quantitative estimate of drug-likeness (QED) is 0.178. The van der Waals surface area contributed by atoms with Gasteiger partial charge in [0.1, 0.15) is 5.65 Å². The summed E-state index contributed by atoms with van der Waals surface area (Å²) in [5, 5.41) is 8.18. The predicted molar refractivity (Wildman–Crippen MR) is 165 cm³/mol. The van der Waals surface area contributed by atoms with Crippen molar-refractivity contribution in [2.45, 2.75) is 0 Å². The van der Waals surface area contributed by atoms with Gasteiger partial charge in [-0.1, -0.05) is 109 Å². The molecule has 8 aromatic rings. The average molecular weight is 519 g/mol. The van der Waals surface area contributed by atoms with Crippen molar-refractivity contribution in [1.82, 2.24) is 9.38 Å². The zero-order valence-corrected chi connectivity index (χ0v) is 21.9. The second-order valence-corrected chi connectivity index (χ2v) is 12.7. The number of hydrogen-bond acceptors (Lipinski definition) is 2. The number of nitrogens with zero attached hydrogens (tertiary/aromatic N) is 2. The second-order valence-electron chi connectivity index (χ2n) is 9.95. The molecule has 2 aromatic heterocycles. The Balaban J connectivity index is 1.47. The molecule has 0 aliphatic heterocycles. The van der Waals surface area contributed by atoms with Crippen LogP contribution in [0, 0.1) is 0 Å².